The minimum absolute atomic E-state index is 0.0115. The van der Waals surface area contributed by atoms with Gasteiger partial charge in [0.1, 0.15) is 0 Å². The third kappa shape index (κ3) is 3.97. The van der Waals surface area contributed by atoms with Crippen LogP contribution in [0.25, 0.3) is 0 Å². The largest absolute Gasteiger partial charge is 0.379 e. The number of anilines is 1. The van der Waals surface area contributed by atoms with Crippen LogP contribution in [0.1, 0.15) is 19.3 Å². The zero-order chi connectivity index (χ0) is 16.1. The van der Waals surface area contributed by atoms with Crippen LogP contribution in [0.3, 0.4) is 0 Å². The number of amides is 1. The van der Waals surface area contributed by atoms with Gasteiger partial charge in [-0.2, -0.15) is 0 Å². The summed E-state index contributed by atoms with van der Waals surface area (Å²) in [4.78, 5) is 23.0. The molecule has 1 N–H and O–H groups in total. The van der Waals surface area contributed by atoms with Gasteiger partial charge in [0.15, 0.2) is 0 Å². The second-order valence-corrected chi connectivity index (χ2v) is 6.05. The molecule has 0 unspecified atom stereocenters. The van der Waals surface area contributed by atoms with Crippen LogP contribution >= 0.6 is 0 Å². The van der Waals surface area contributed by atoms with Gasteiger partial charge in [0.2, 0.25) is 11.9 Å². The van der Waals surface area contributed by atoms with Crippen molar-refractivity contribution in [2.45, 2.75) is 31.4 Å². The first-order valence-electron chi connectivity index (χ1n) is 8.21. The van der Waals surface area contributed by atoms with Crippen LogP contribution in [0.15, 0.2) is 18.5 Å². The third-order valence-electron chi connectivity index (χ3n) is 4.65. The van der Waals surface area contributed by atoms with Crippen molar-refractivity contribution in [3.63, 3.8) is 0 Å². The second kappa shape index (κ2) is 7.70. The van der Waals surface area contributed by atoms with E-state index in [2.05, 4.69) is 15.3 Å². The van der Waals surface area contributed by atoms with Gasteiger partial charge in [-0.1, -0.05) is 0 Å². The van der Waals surface area contributed by atoms with Gasteiger partial charge in [-0.3, -0.25) is 4.79 Å². The molecule has 1 aliphatic carbocycles. The highest BCUT2D eigenvalue weighted by molar-refractivity contribution is 5.79. The number of hydrogen-bond donors (Lipinski definition) is 1. The van der Waals surface area contributed by atoms with Crippen LogP contribution in [0, 0.1) is 5.92 Å². The summed E-state index contributed by atoms with van der Waals surface area (Å²) in [5, 5.41) is 3.33. The molecule has 3 atom stereocenters. The Morgan fingerprint density at radius 2 is 2.04 bits per heavy atom. The number of rotatable bonds is 4. The lowest BCUT2D eigenvalue weighted by Crippen LogP contribution is -2.48. The van der Waals surface area contributed by atoms with Gasteiger partial charge in [0.05, 0.1) is 25.4 Å². The molecule has 1 aromatic heterocycles. The molecule has 2 aliphatic rings. The number of carbonyl (C=O) groups is 1. The molecule has 0 bridgehead atoms. The number of morpholine rings is 1. The Balaban J connectivity index is 1.58. The van der Waals surface area contributed by atoms with E-state index in [1.807, 2.05) is 4.90 Å². The average Bonchev–Trinajstić information content (AvgIpc) is 2.63. The first-order valence-corrected chi connectivity index (χ1v) is 8.21. The lowest BCUT2D eigenvalue weighted by molar-refractivity contribution is -0.142. The van der Waals surface area contributed by atoms with E-state index in [1.54, 1.807) is 25.6 Å². The highest BCUT2D eigenvalue weighted by atomic mass is 16.5. The number of nitrogens with zero attached hydrogens (tertiary/aromatic N) is 3. The van der Waals surface area contributed by atoms with Crippen molar-refractivity contribution in [1.82, 2.24) is 14.9 Å². The molecule has 0 aromatic carbocycles. The summed E-state index contributed by atoms with van der Waals surface area (Å²) in [5.41, 5.74) is 0. The number of nitrogens with one attached hydrogen (secondary N) is 1. The maximum atomic E-state index is 12.6. The van der Waals surface area contributed by atoms with Crippen LogP contribution in [0.2, 0.25) is 0 Å². The topological polar surface area (TPSA) is 76.6 Å². The molecule has 0 spiro atoms. The molecule has 2 heterocycles. The standard InChI is InChI=1S/C16H24N4O3/c1-22-14-11-12(15(21)20-7-9-23-10-8-20)3-4-13(14)19-16-17-5-2-6-18-16/h2,5-6,12-14H,3-4,7-11H2,1H3,(H,17,18,19)/t12-,13-,14-/m0/s1. The molecule has 2 fully saturated rings. The number of hydrogen-bond acceptors (Lipinski definition) is 6. The molecule has 1 amide bonds. The molecule has 126 valence electrons. The molecular formula is C16H24N4O3. The number of ether oxygens (including phenoxy) is 2. The van der Waals surface area contributed by atoms with Crippen molar-refractivity contribution in [3.8, 4) is 0 Å². The highest BCUT2D eigenvalue weighted by Gasteiger charge is 2.36. The molecule has 3 rings (SSSR count). The highest BCUT2D eigenvalue weighted by Crippen LogP contribution is 2.29. The quantitative estimate of drug-likeness (QED) is 0.889. The SMILES string of the molecule is CO[C@H]1C[C@@H](C(=O)N2CCOCC2)CC[C@@H]1Nc1ncccn1. The lowest BCUT2D eigenvalue weighted by Gasteiger charge is -2.37. The van der Waals surface area contributed by atoms with Crippen molar-refractivity contribution in [1.29, 1.82) is 0 Å². The fraction of sp³-hybridized carbons (Fsp3) is 0.688. The number of aromatic nitrogens is 2. The molecule has 7 nitrogen and oxygen atoms in total. The molecule has 1 aromatic rings. The molecule has 23 heavy (non-hydrogen) atoms. The van der Waals surface area contributed by atoms with E-state index in [0.717, 1.165) is 19.3 Å². The van der Waals surface area contributed by atoms with Gasteiger partial charge < -0.3 is 19.7 Å². The van der Waals surface area contributed by atoms with Crippen molar-refractivity contribution < 1.29 is 14.3 Å². The normalized spacial score (nSPS) is 28.4. The van der Waals surface area contributed by atoms with Crippen LogP contribution in [-0.4, -0.2) is 66.3 Å². The van der Waals surface area contributed by atoms with E-state index < -0.39 is 0 Å². The van der Waals surface area contributed by atoms with E-state index >= 15 is 0 Å². The summed E-state index contributed by atoms with van der Waals surface area (Å²) in [7, 11) is 1.70. The van der Waals surface area contributed by atoms with Crippen LogP contribution in [0.4, 0.5) is 5.95 Å². The van der Waals surface area contributed by atoms with Crippen molar-refractivity contribution in [3.05, 3.63) is 18.5 Å². The Labute approximate surface area is 136 Å². The monoisotopic (exact) mass is 320 g/mol. The molecular weight excluding hydrogens is 296 g/mol. The van der Waals surface area contributed by atoms with E-state index in [4.69, 9.17) is 9.47 Å². The Bertz CT molecular complexity index is 507. The maximum absolute atomic E-state index is 12.6. The summed E-state index contributed by atoms with van der Waals surface area (Å²) in [6, 6.07) is 1.92. The summed E-state index contributed by atoms with van der Waals surface area (Å²) in [5.74, 6) is 0.884. The van der Waals surface area contributed by atoms with E-state index in [1.165, 1.54) is 0 Å². The van der Waals surface area contributed by atoms with Gasteiger partial charge in [0.25, 0.3) is 0 Å². The van der Waals surface area contributed by atoms with Gasteiger partial charge >= 0.3 is 0 Å². The molecule has 1 aliphatic heterocycles. The van der Waals surface area contributed by atoms with E-state index in [9.17, 15) is 4.79 Å². The van der Waals surface area contributed by atoms with Crippen LogP contribution in [0.5, 0.6) is 0 Å². The van der Waals surface area contributed by atoms with E-state index in [0.29, 0.717) is 32.3 Å². The Morgan fingerprint density at radius 3 is 2.74 bits per heavy atom. The zero-order valence-electron chi connectivity index (χ0n) is 13.5. The molecule has 1 saturated carbocycles. The minimum Gasteiger partial charge on any atom is -0.379 e. The molecule has 1 saturated heterocycles. The maximum Gasteiger partial charge on any atom is 0.225 e. The third-order valence-corrected chi connectivity index (χ3v) is 4.65. The predicted octanol–water partition coefficient (Wildman–Crippen LogP) is 0.931. The van der Waals surface area contributed by atoms with Gasteiger partial charge in [-0.25, -0.2) is 9.97 Å². The number of carbonyl (C=O) groups excluding carboxylic acids is 1. The number of methoxy groups -OCH3 is 1. The minimum atomic E-state index is -0.0115. The van der Waals surface area contributed by atoms with Crippen molar-refractivity contribution in [2.75, 3.05) is 38.7 Å². The summed E-state index contributed by atoms with van der Waals surface area (Å²) in [6.07, 6.45) is 5.88. The van der Waals surface area contributed by atoms with Crippen molar-refractivity contribution in [2.24, 2.45) is 5.92 Å². The summed E-state index contributed by atoms with van der Waals surface area (Å²) in [6.45, 7) is 2.68. The Hall–Kier alpha value is -1.73. The molecule has 7 heteroatoms. The van der Waals surface area contributed by atoms with Crippen LogP contribution < -0.4 is 5.32 Å². The van der Waals surface area contributed by atoms with Gasteiger partial charge in [0, 0.05) is 38.5 Å². The Kier molecular flexibility index (Phi) is 5.40. The first-order chi connectivity index (χ1) is 11.3. The fourth-order valence-corrected chi connectivity index (χ4v) is 3.36. The smallest absolute Gasteiger partial charge is 0.225 e. The predicted molar refractivity (Wildman–Crippen MR) is 85.0 cm³/mol. The van der Waals surface area contributed by atoms with E-state index in [-0.39, 0.29) is 24.0 Å². The second-order valence-electron chi connectivity index (χ2n) is 6.05. The average molecular weight is 320 g/mol. The lowest BCUT2D eigenvalue weighted by atomic mass is 9.83. The molecule has 0 radical (unpaired) electrons. The van der Waals surface area contributed by atoms with Gasteiger partial charge in [-0.05, 0) is 25.3 Å². The summed E-state index contributed by atoms with van der Waals surface area (Å²) < 4.78 is 11.0. The zero-order valence-corrected chi connectivity index (χ0v) is 13.5. The fourth-order valence-electron chi connectivity index (χ4n) is 3.36. The Morgan fingerprint density at radius 1 is 1.30 bits per heavy atom. The van der Waals surface area contributed by atoms with Crippen LogP contribution in [-0.2, 0) is 14.3 Å². The first kappa shape index (κ1) is 16.1. The van der Waals surface area contributed by atoms with Gasteiger partial charge in [-0.15, -0.1) is 0 Å². The summed E-state index contributed by atoms with van der Waals surface area (Å²) >= 11 is 0. The van der Waals surface area contributed by atoms with Crippen molar-refractivity contribution >= 4 is 11.9 Å².